The molecule has 0 saturated carbocycles. The van der Waals surface area contributed by atoms with E-state index in [9.17, 15) is 9.90 Å². The zero-order valence-electron chi connectivity index (χ0n) is 9.78. The molecule has 94 valence electrons. The minimum Gasteiger partial charge on any atom is -0.544 e. The molecule has 6 heteroatoms. The third kappa shape index (κ3) is 2.63. The highest BCUT2D eigenvalue weighted by atomic mass is 35.5. The van der Waals surface area contributed by atoms with Gasteiger partial charge in [-0.3, -0.25) is 0 Å². The fraction of sp³-hybridized carbons (Fsp3) is 0.167. The molecule has 1 aromatic carbocycles. The van der Waals surface area contributed by atoms with Crippen molar-refractivity contribution in [3.63, 3.8) is 0 Å². The molecule has 0 fully saturated rings. The molecule has 0 unspecified atom stereocenters. The molecular formula is C12H10ClN2O2S-. The van der Waals surface area contributed by atoms with E-state index in [4.69, 9.17) is 11.6 Å². The third-order valence-corrected chi connectivity index (χ3v) is 3.71. The van der Waals surface area contributed by atoms with Gasteiger partial charge in [0, 0.05) is 10.7 Å². The first-order valence-electron chi connectivity index (χ1n) is 5.19. The molecule has 1 N–H and O–H groups in total. The molecule has 1 heterocycles. The molecule has 2 rings (SSSR count). The number of aromatic nitrogens is 1. The number of rotatable bonds is 3. The number of halogens is 1. The first-order valence-corrected chi connectivity index (χ1v) is 6.39. The summed E-state index contributed by atoms with van der Waals surface area (Å²) in [4.78, 5) is 15.1. The van der Waals surface area contributed by atoms with Crippen LogP contribution in [0.3, 0.4) is 0 Å². The van der Waals surface area contributed by atoms with Crippen LogP contribution in [0.15, 0.2) is 18.2 Å². The summed E-state index contributed by atoms with van der Waals surface area (Å²) >= 11 is 6.96. The molecule has 0 aliphatic heterocycles. The van der Waals surface area contributed by atoms with Gasteiger partial charge in [0.25, 0.3) is 0 Å². The first kappa shape index (κ1) is 12.9. The van der Waals surface area contributed by atoms with Crippen molar-refractivity contribution in [1.82, 2.24) is 4.98 Å². The molecule has 0 atom stereocenters. The van der Waals surface area contributed by atoms with Crippen LogP contribution < -0.4 is 10.4 Å². The van der Waals surface area contributed by atoms with E-state index < -0.39 is 5.97 Å². The second-order valence-electron chi connectivity index (χ2n) is 3.81. The van der Waals surface area contributed by atoms with Crippen molar-refractivity contribution in [3.8, 4) is 0 Å². The third-order valence-electron chi connectivity index (χ3n) is 2.42. The molecule has 4 nitrogen and oxygen atoms in total. The molecule has 1 aromatic heterocycles. The Morgan fingerprint density at radius 3 is 2.78 bits per heavy atom. The minimum absolute atomic E-state index is 0.136. The fourth-order valence-corrected chi connectivity index (χ4v) is 2.47. The molecular weight excluding hydrogens is 272 g/mol. The Morgan fingerprint density at radius 2 is 2.17 bits per heavy atom. The van der Waals surface area contributed by atoms with Gasteiger partial charge in [0.05, 0.1) is 16.5 Å². The maximum atomic E-state index is 10.8. The number of carboxylic acid groups (broad SMARTS) is 1. The number of benzene rings is 1. The lowest BCUT2D eigenvalue weighted by Gasteiger charge is -2.06. The summed E-state index contributed by atoms with van der Waals surface area (Å²) in [5, 5.41) is 15.0. The van der Waals surface area contributed by atoms with Gasteiger partial charge in [-0.25, -0.2) is 4.98 Å². The van der Waals surface area contributed by atoms with Crippen molar-refractivity contribution >= 4 is 39.7 Å². The van der Waals surface area contributed by atoms with Crippen molar-refractivity contribution in [1.29, 1.82) is 0 Å². The van der Waals surface area contributed by atoms with Crippen molar-refractivity contribution < 1.29 is 9.90 Å². The van der Waals surface area contributed by atoms with Gasteiger partial charge in [-0.05, 0) is 31.5 Å². The van der Waals surface area contributed by atoms with Crippen LogP contribution in [0, 0.1) is 13.8 Å². The smallest absolute Gasteiger partial charge is 0.188 e. The van der Waals surface area contributed by atoms with E-state index in [0.717, 1.165) is 22.6 Å². The summed E-state index contributed by atoms with van der Waals surface area (Å²) < 4.78 is 0. The number of carbonyl (C=O) groups is 1. The van der Waals surface area contributed by atoms with E-state index in [2.05, 4.69) is 10.3 Å². The maximum absolute atomic E-state index is 10.8. The van der Waals surface area contributed by atoms with Crippen LogP contribution >= 0.6 is 22.9 Å². The minimum atomic E-state index is -1.21. The number of nitrogens with zero attached hydrogens (tertiary/aromatic N) is 1. The molecule has 0 aliphatic carbocycles. The predicted molar refractivity (Wildman–Crippen MR) is 70.7 cm³/mol. The summed E-state index contributed by atoms with van der Waals surface area (Å²) in [5.74, 6) is -1.21. The highest BCUT2D eigenvalue weighted by Gasteiger charge is 2.09. The van der Waals surface area contributed by atoms with E-state index in [0.29, 0.717) is 15.8 Å². The zero-order chi connectivity index (χ0) is 13.3. The van der Waals surface area contributed by atoms with E-state index in [1.54, 1.807) is 19.1 Å². The SMILES string of the molecule is Cc1ccc(Cl)cc1Nc1nc(C)c(C(=O)[O-])s1. The quantitative estimate of drug-likeness (QED) is 0.939. The van der Waals surface area contributed by atoms with Gasteiger partial charge in [0.1, 0.15) is 0 Å². The predicted octanol–water partition coefficient (Wildman–Crippen LogP) is 2.52. The van der Waals surface area contributed by atoms with Crippen LogP contribution in [0.5, 0.6) is 0 Å². The zero-order valence-corrected chi connectivity index (χ0v) is 11.4. The second-order valence-corrected chi connectivity index (χ2v) is 5.24. The standard InChI is InChI=1S/C12H11ClN2O2S/c1-6-3-4-8(13)5-9(6)15-12-14-7(2)10(18-12)11(16)17/h3-5H,1-2H3,(H,14,15)(H,16,17)/p-1. The number of hydrogen-bond acceptors (Lipinski definition) is 5. The lowest BCUT2D eigenvalue weighted by molar-refractivity contribution is -0.254. The van der Waals surface area contributed by atoms with Crippen LogP contribution in [-0.2, 0) is 0 Å². The van der Waals surface area contributed by atoms with Crippen molar-refractivity contribution in [2.75, 3.05) is 5.32 Å². The summed E-state index contributed by atoms with van der Waals surface area (Å²) in [6, 6.07) is 5.44. The lowest BCUT2D eigenvalue weighted by atomic mass is 10.2. The summed E-state index contributed by atoms with van der Waals surface area (Å²) in [6.45, 7) is 3.57. The van der Waals surface area contributed by atoms with Crippen LogP contribution in [0.1, 0.15) is 20.9 Å². The molecule has 0 amide bonds. The van der Waals surface area contributed by atoms with Crippen molar-refractivity contribution in [3.05, 3.63) is 39.4 Å². The average molecular weight is 282 g/mol. The van der Waals surface area contributed by atoms with Gasteiger partial charge in [0.15, 0.2) is 5.13 Å². The Morgan fingerprint density at radius 1 is 1.44 bits per heavy atom. The van der Waals surface area contributed by atoms with E-state index >= 15 is 0 Å². The Hall–Kier alpha value is -1.59. The van der Waals surface area contributed by atoms with Crippen LogP contribution in [0.25, 0.3) is 0 Å². The molecule has 2 aromatic rings. The number of hydrogen-bond donors (Lipinski definition) is 1. The fourth-order valence-electron chi connectivity index (χ4n) is 1.48. The van der Waals surface area contributed by atoms with Crippen LogP contribution in [0.4, 0.5) is 10.8 Å². The second kappa shape index (κ2) is 4.96. The highest BCUT2D eigenvalue weighted by molar-refractivity contribution is 7.17. The Kier molecular flexibility index (Phi) is 3.54. The first-order chi connectivity index (χ1) is 8.47. The van der Waals surface area contributed by atoms with Gasteiger partial charge in [0.2, 0.25) is 0 Å². The number of nitrogens with one attached hydrogen (secondary N) is 1. The van der Waals surface area contributed by atoms with Gasteiger partial charge in [-0.15, -0.1) is 0 Å². The van der Waals surface area contributed by atoms with E-state index in [-0.39, 0.29) is 4.88 Å². The maximum Gasteiger partial charge on any atom is 0.188 e. The number of anilines is 2. The number of aromatic carboxylic acids is 1. The summed E-state index contributed by atoms with van der Waals surface area (Å²) in [5.41, 5.74) is 2.26. The van der Waals surface area contributed by atoms with Gasteiger partial charge in [-0.2, -0.15) is 0 Å². The van der Waals surface area contributed by atoms with Crippen LogP contribution in [-0.4, -0.2) is 11.0 Å². The molecule has 0 spiro atoms. The highest BCUT2D eigenvalue weighted by Crippen LogP contribution is 2.28. The van der Waals surface area contributed by atoms with Crippen molar-refractivity contribution in [2.45, 2.75) is 13.8 Å². The molecule has 0 bridgehead atoms. The van der Waals surface area contributed by atoms with Gasteiger partial charge in [-0.1, -0.05) is 29.0 Å². The summed E-state index contributed by atoms with van der Waals surface area (Å²) in [6.07, 6.45) is 0. The van der Waals surface area contributed by atoms with Crippen molar-refractivity contribution in [2.24, 2.45) is 0 Å². The molecule has 0 aliphatic rings. The van der Waals surface area contributed by atoms with E-state index in [1.807, 2.05) is 13.0 Å². The van der Waals surface area contributed by atoms with Crippen LogP contribution in [0.2, 0.25) is 5.02 Å². The van der Waals surface area contributed by atoms with Gasteiger partial charge >= 0.3 is 0 Å². The number of carbonyl (C=O) groups excluding carboxylic acids is 1. The Labute approximate surface area is 113 Å². The number of carboxylic acids is 1. The number of thiazole rings is 1. The van der Waals surface area contributed by atoms with Gasteiger partial charge < -0.3 is 15.2 Å². The Balaban J connectivity index is 2.31. The molecule has 18 heavy (non-hydrogen) atoms. The summed E-state index contributed by atoms with van der Waals surface area (Å²) in [7, 11) is 0. The molecule has 0 radical (unpaired) electrons. The molecule has 0 saturated heterocycles. The van der Waals surface area contributed by atoms with E-state index in [1.165, 1.54) is 0 Å². The average Bonchev–Trinajstić information content (AvgIpc) is 2.65. The lowest BCUT2D eigenvalue weighted by Crippen LogP contribution is -2.21. The monoisotopic (exact) mass is 281 g/mol. The topological polar surface area (TPSA) is 65.0 Å². The normalized spacial score (nSPS) is 10.4. The Bertz CT molecular complexity index is 610. The number of aryl methyl sites for hydroxylation is 2. The largest absolute Gasteiger partial charge is 0.544 e.